The summed E-state index contributed by atoms with van der Waals surface area (Å²) in [6.07, 6.45) is 0. The van der Waals surface area contributed by atoms with E-state index >= 15 is 0 Å². The maximum Gasteiger partial charge on any atom is 0.485 e. The van der Waals surface area contributed by atoms with Gasteiger partial charge in [0.1, 0.15) is 0 Å². The van der Waals surface area contributed by atoms with Crippen LogP contribution in [0.3, 0.4) is 0 Å². The Kier molecular flexibility index (Phi) is 8.08. The minimum atomic E-state index is -6.09. The van der Waals surface area contributed by atoms with Crippen LogP contribution >= 0.6 is 8.58 Å². The molecule has 0 heterocycles. The molecule has 0 aliphatic rings. The van der Waals surface area contributed by atoms with Gasteiger partial charge in [0.05, 0.1) is 19.2 Å². The summed E-state index contributed by atoms with van der Waals surface area (Å²) in [5, 5.41) is 3.06. The lowest BCUT2D eigenvalue weighted by Crippen LogP contribution is -2.24. The zero-order chi connectivity index (χ0) is 22.7. The molecule has 0 aromatic heterocycles. The van der Waals surface area contributed by atoms with Crippen LogP contribution in [0.4, 0.5) is 13.2 Å². The average molecular weight is 448 g/mol. The van der Waals surface area contributed by atoms with Gasteiger partial charge in [-0.25, -0.2) is 8.42 Å². The molecule has 2 aromatic rings. The van der Waals surface area contributed by atoms with E-state index in [1.54, 1.807) is 0 Å². The Labute approximate surface area is 173 Å². The van der Waals surface area contributed by atoms with Crippen LogP contribution in [0.5, 0.6) is 0 Å². The lowest BCUT2D eigenvalue weighted by atomic mass is 9.87. The third-order valence-electron chi connectivity index (χ3n) is 4.13. The van der Waals surface area contributed by atoms with E-state index in [0.29, 0.717) is 0 Å². The molecule has 162 valence electrons. The predicted molar refractivity (Wildman–Crippen MR) is 115 cm³/mol. The van der Waals surface area contributed by atoms with E-state index in [1.165, 1.54) is 21.7 Å². The Hall–Kier alpha value is -1.43. The van der Waals surface area contributed by atoms with Gasteiger partial charge >= 0.3 is 5.51 Å². The second kappa shape index (κ2) is 9.15. The molecule has 0 amide bonds. The second-order valence-corrected chi connectivity index (χ2v) is 11.6. The fourth-order valence-corrected chi connectivity index (χ4v) is 4.90. The maximum absolute atomic E-state index is 10.7. The van der Waals surface area contributed by atoms with Gasteiger partial charge in [-0.2, -0.15) is 13.2 Å². The van der Waals surface area contributed by atoms with Crippen LogP contribution in [0.25, 0.3) is 0 Å². The van der Waals surface area contributed by atoms with E-state index in [0.717, 1.165) is 0 Å². The van der Waals surface area contributed by atoms with Gasteiger partial charge in [0, 0.05) is 0 Å². The lowest BCUT2D eigenvalue weighted by molar-refractivity contribution is -0.0517. The van der Waals surface area contributed by atoms with Crippen molar-refractivity contribution in [2.24, 2.45) is 0 Å². The summed E-state index contributed by atoms with van der Waals surface area (Å²) in [4.78, 5) is 0. The quantitative estimate of drug-likeness (QED) is 0.380. The van der Waals surface area contributed by atoms with Crippen molar-refractivity contribution in [2.45, 2.75) is 57.9 Å². The summed E-state index contributed by atoms with van der Waals surface area (Å²) in [6.45, 7) is 13.8. The van der Waals surface area contributed by atoms with Crippen molar-refractivity contribution < 1.29 is 26.1 Å². The summed E-state index contributed by atoms with van der Waals surface area (Å²) in [6, 6.07) is 17.9. The third kappa shape index (κ3) is 7.72. The molecule has 0 radical (unpaired) electrons. The topological polar surface area (TPSA) is 57.2 Å². The smallest absolute Gasteiger partial charge is 0.485 e. The van der Waals surface area contributed by atoms with Crippen LogP contribution in [-0.2, 0) is 20.9 Å². The Balaban J connectivity index is 0.000000447. The molecule has 8 heteroatoms. The van der Waals surface area contributed by atoms with Crippen LogP contribution in [0.2, 0.25) is 0 Å². The van der Waals surface area contributed by atoms with Gasteiger partial charge in [0.2, 0.25) is 0 Å². The number of alkyl halides is 3. The number of benzene rings is 2. The Bertz CT molecular complexity index is 870. The van der Waals surface area contributed by atoms with E-state index in [4.69, 9.17) is 13.0 Å². The molecule has 0 saturated heterocycles. The average Bonchev–Trinajstić information content (AvgIpc) is 2.52. The van der Waals surface area contributed by atoms with E-state index in [9.17, 15) is 13.2 Å². The molecule has 0 atom stereocenters. The van der Waals surface area contributed by atoms with Crippen molar-refractivity contribution in [3.8, 4) is 0 Å². The number of rotatable bonds is 2. The standard InChI is InChI=1S/C20H27P.CHF3O3S/c1-19(2,3)15-11-7-9-13-17(15)21-18-14-10-8-12-16(18)20(4,5)6;2-1(3,4)8(5,6)7/h7-14,21H,1-6H3;(H,5,6,7). The van der Waals surface area contributed by atoms with Gasteiger partial charge in [0.15, 0.2) is 10.1 Å². The van der Waals surface area contributed by atoms with Crippen molar-refractivity contribution in [3.05, 3.63) is 59.7 Å². The summed E-state index contributed by atoms with van der Waals surface area (Å²) in [7, 11) is -5.96. The zero-order valence-electron chi connectivity index (χ0n) is 17.5. The SMILES string of the molecule is CC(C)(C)c1ccccc1[PH2+]c1ccccc1C(C)(C)C.O=S(=O)([O-])C(F)(F)F. The molecule has 3 nitrogen and oxygen atoms in total. The summed E-state index contributed by atoms with van der Waals surface area (Å²) in [5.41, 5.74) is -2.25. The molecule has 0 fully saturated rings. The maximum atomic E-state index is 10.7. The first-order valence-electron chi connectivity index (χ1n) is 9.00. The van der Waals surface area contributed by atoms with E-state index in [1.807, 2.05) is 0 Å². The first-order valence-corrected chi connectivity index (χ1v) is 11.6. The molecule has 0 aliphatic carbocycles. The molecule has 0 unspecified atom stereocenters. The predicted octanol–water partition coefficient (Wildman–Crippen LogP) is 4.69. The molecular weight excluding hydrogens is 420 g/mol. The first-order chi connectivity index (χ1) is 12.9. The van der Waals surface area contributed by atoms with Crippen molar-refractivity contribution in [1.29, 1.82) is 0 Å². The molecule has 2 rings (SSSR count). The lowest BCUT2D eigenvalue weighted by Gasteiger charge is -2.22. The van der Waals surface area contributed by atoms with Crippen LogP contribution in [-0.4, -0.2) is 18.5 Å². The van der Waals surface area contributed by atoms with Crippen LogP contribution in [0.1, 0.15) is 52.7 Å². The highest BCUT2D eigenvalue weighted by atomic mass is 32.2. The van der Waals surface area contributed by atoms with Crippen molar-refractivity contribution in [2.75, 3.05) is 0 Å². The third-order valence-corrected chi connectivity index (χ3v) is 6.33. The molecule has 0 spiro atoms. The molecule has 0 saturated carbocycles. The number of halogens is 3. The van der Waals surface area contributed by atoms with E-state index < -0.39 is 15.6 Å². The normalized spacial score (nSPS) is 12.9. The Morgan fingerprint density at radius 2 is 1.00 bits per heavy atom. The van der Waals surface area contributed by atoms with Gasteiger partial charge in [-0.3, -0.25) is 0 Å². The number of hydrogen-bond acceptors (Lipinski definition) is 3. The minimum Gasteiger partial charge on any atom is -0.741 e. The second-order valence-electron chi connectivity index (χ2n) is 8.72. The molecule has 0 bridgehead atoms. The molecule has 0 N–H and O–H groups in total. The molecule has 0 aliphatic heterocycles. The summed E-state index contributed by atoms with van der Waals surface area (Å²) in [5.74, 6) is 0. The van der Waals surface area contributed by atoms with Crippen LogP contribution in [0.15, 0.2) is 48.5 Å². The highest BCUT2D eigenvalue weighted by Crippen LogP contribution is 2.29. The fraction of sp³-hybridized carbons (Fsp3) is 0.429. The minimum absolute atomic E-state index is 0.135. The van der Waals surface area contributed by atoms with E-state index in [2.05, 4.69) is 90.1 Å². The summed E-state index contributed by atoms with van der Waals surface area (Å²) < 4.78 is 58.9. The largest absolute Gasteiger partial charge is 0.741 e. The summed E-state index contributed by atoms with van der Waals surface area (Å²) >= 11 is 0. The first kappa shape index (κ1) is 25.6. The van der Waals surface area contributed by atoms with Gasteiger partial charge in [-0.1, -0.05) is 77.9 Å². The highest BCUT2D eigenvalue weighted by molar-refractivity contribution is 7.86. The van der Waals surface area contributed by atoms with Crippen molar-refractivity contribution >= 4 is 29.3 Å². The molecule has 2 aromatic carbocycles. The molecule has 29 heavy (non-hydrogen) atoms. The number of hydrogen-bond donors (Lipinski definition) is 0. The monoisotopic (exact) mass is 448 g/mol. The highest BCUT2D eigenvalue weighted by Gasteiger charge is 2.36. The Morgan fingerprint density at radius 3 is 1.24 bits per heavy atom. The van der Waals surface area contributed by atoms with E-state index in [-0.39, 0.29) is 19.4 Å². The van der Waals surface area contributed by atoms with Gasteiger partial charge < -0.3 is 4.55 Å². The van der Waals surface area contributed by atoms with Crippen LogP contribution in [0, 0.1) is 0 Å². The zero-order valence-corrected chi connectivity index (χ0v) is 19.4. The fourth-order valence-electron chi connectivity index (χ4n) is 2.78. The Morgan fingerprint density at radius 1 is 0.724 bits per heavy atom. The van der Waals surface area contributed by atoms with Gasteiger partial charge in [-0.15, -0.1) is 0 Å². The van der Waals surface area contributed by atoms with Crippen molar-refractivity contribution in [3.63, 3.8) is 0 Å². The van der Waals surface area contributed by atoms with Crippen molar-refractivity contribution in [1.82, 2.24) is 0 Å². The van der Waals surface area contributed by atoms with Gasteiger partial charge in [0.25, 0.3) is 0 Å². The van der Waals surface area contributed by atoms with Crippen LogP contribution < -0.4 is 10.6 Å². The van der Waals surface area contributed by atoms with Gasteiger partial charge in [-0.05, 0) is 34.1 Å². The molecular formula is C21H28F3O3PS.